The first-order chi connectivity index (χ1) is 9.01. The van der Waals surface area contributed by atoms with Crippen LogP contribution < -0.4 is 5.32 Å². The molecular formula is C12H13NO3S3. The second-order valence-electron chi connectivity index (χ2n) is 3.92. The zero-order valence-electron chi connectivity index (χ0n) is 10.2. The van der Waals surface area contributed by atoms with Crippen molar-refractivity contribution in [2.45, 2.75) is 16.4 Å². The third kappa shape index (κ3) is 3.23. The average molecular weight is 315 g/mol. The summed E-state index contributed by atoms with van der Waals surface area (Å²) in [5.74, 6) is -0.233. The molecule has 0 aliphatic carbocycles. The van der Waals surface area contributed by atoms with Crippen LogP contribution in [0, 0.1) is 0 Å². The van der Waals surface area contributed by atoms with Gasteiger partial charge in [0, 0.05) is 18.3 Å². The Morgan fingerprint density at radius 1 is 1.26 bits per heavy atom. The maximum atomic E-state index is 12.6. The van der Waals surface area contributed by atoms with Crippen molar-refractivity contribution in [3.63, 3.8) is 0 Å². The number of carbonyl (C=O) groups is 1. The minimum absolute atomic E-state index is 0.0933. The van der Waals surface area contributed by atoms with Gasteiger partial charge in [-0.3, -0.25) is 4.79 Å². The van der Waals surface area contributed by atoms with E-state index in [4.69, 9.17) is 0 Å². The molecule has 0 spiro atoms. The summed E-state index contributed by atoms with van der Waals surface area (Å²) in [6, 6.07) is 6.89. The predicted octanol–water partition coefficient (Wildman–Crippen LogP) is 2.46. The highest BCUT2D eigenvalue weighted by molar-refractivity contribution is 7.93. The van der Waals surface area contributed by atoms with E-state index in [0.717, 1.165) is 4.88 Å². The van der Waals surface area contributed by atoms with Crippen molar-refractivity contribution in [2.75, 3.05) is 6.54 Å². The van der Waals surface area contributed by atoms with Gasteiger partial charge in [0.1, 0.15) is 9.46 Å². The second-order valence-corrected chi connectivity index (χ2v) is 8.20. The highest BCUT2D eigenvalue weighted by Crippen LogP contribution is 2.33. The molecule has 102 valence electrons. The minimum atomic E-state index is -3.46. The summed E-state index contributed by atoms with van der Waals surface area (Å²) in [6.07, 6.45) is 0. The monoisotopic (exact) mass is 315 g/mol. The van der Waals surface area contributed by atoms with E-state index in [1.54, 1.807) is 23.6 Å². The van der Waals surface area contributed by atoms with Gasteiger partial charge in [-0.2, -0.15) is 0 Å². The van der Waals surface area contributed by atoms with Gasteiger partial charge in [0.2, 0.25) is 5.91 Å². The lowest BCUT2D eigenvalue weighted by Crippen LogP contribution is -2.29. The minimum Gasteiger partial charge on any atom is -0.355 e. The van der Waals surface area contributed by atoms with Crippen LogP contribution in [0.2, 0.25) is 0 Å². The van der Waals surface area contributed by atoms with Crippen LogP contribution in [0.15, 0.2) is 39.2 Å². The van der Waals surface area contributed by atoms with Crippen molar-refractivity contribution in [1.29, 1.82) is 0 Å². The fraction of sp³-hybridized carbons (Fsp3) is 0.250. The molecule has 4 nitrogen and oxygen atoms in total. The normalized spacial score (nSPS) is 13.1. The maximum Gasteiger partial charge on any atom is 0.216 e. The lowest BCUT2D eigenvalue weighted by atomic mass is 10.3. The van der Waals surface area contributed by atoms with Gasteiger partial charge < -0.3 is 5.32 Å². The third-order valence-corrected chi connectivity index (χ3v) is 7.20. The molecule has 0 aliphatic rings. The Labute approximate surface area is 120 Å². The summed E-state index contributed by atoms with van der Waals surface area (Å²) in [5.41, 5.74) is 0. The Morgan fingerprint density at radius 3 is 2.47 bits per heavy atom. The second kappa shape index (κ2) is 5.85. The molecule has 1 amide bonds. The molecule has 1 unspecified atom stereocenters. The van der Waals surface area contributed by atoms with Crippen molar-refractivity contribution < 1.29 is 13.2 Å². The molecule has 0 aliphatic heterocycles. The number of hydrogen-bond donors (Lipinski definition) is 1. The van der Waals surface area contributed by atoms with Crippen molar-refractivity contribution >= 4 is 38.4 Å². The zero-order valence-corrected chi connectivity index (χ0v) is 12.6. The van der Waals surface area contributed by atoms with Crippen molar-refractivity contribution in [3.05, 3.63) is 39.9 Å². The molecule has 2 rings (SSSR count). The van der Waals surface area contributed by atoms with Crippen molar-refractivity contribution in [1.82, 2.24) is 5.32 Å². The van der Waals surface area contributed by atoms with E-state index in [2.05, 4.69) is 5.32 Å². The van der Waals surface area contributed by atoms with E-state index < -0.39 is 15.1 Å². The number of sulfone groups is 1. The molecule has 0 fully saturated rings. The van der Waals surface area contributed by atoms with Gasteiger partial charge in [0.25, 0.3) is 0 Å². The van der Waals surface area contributed by atoms with Crippen LogP contribution in [0.4, 0.5) is 0 Å². The van der Waals surface area contributed by atoms with E-state index in [1.807, 2.05) is 11.4 Å². The lowest BCUT2D eigenvalue weighted by molar-refractivity contribution is -0.118. The van der Waals surface area contributed by atoms with Crippen molar-refractivity contribution in [3.8, 4) is 0 Å². The van der Waals surface area contributed by atoms with Crippen LogP contribution in [0.25, 0.3) is 0 Å². The summed E-state index contributed by atoms with van der Waals surface area (Å²) >= 11 is 2.57. The van der Waals surface area contributed by atoms with E-state index in [-0.39, 0.29) is 12.5 Å². The first-order valence-corrected chi connectivity index (χ1v) is 8.87. The van der Waals surface area contributed by atoms with Crippen LogP contribution in [-0.4, -0.2) is 20.9 Å². The number of rotatable bonds is 5. The number of thiophene rings is 2. The van der Waals surface area contributed by atoms with Crippen LogP contribution in [0.1, 0.15) is 17.1 Å². The number of hydrogen-bond acceptors (Lipinski definition) is 5. The first-order valence-electron chi connectivity index (χ1n) is 5.57. The Bertz CT molecular complexity index is 630. The molecule has 0 aromatic carbocycles. The predicted molar refractivity (Wildman–Crippen MR) is 77.2 cm³/mol. The summed E-state index contributed by atoms with van der Waals surface area (Å²) < 4.78 is 25.5. The fourth-order valence-electron chi connectivity index (χ4n) is 1.64. The first kappa shape index (κ1) is 14.2. The molecule has 0 saturated carbocycles. The zero-order chi connectivity index (χ0) is 13.9. The molecule has 1 atom stereocenters. The molecule has 2 heterocycles. The van der Waals surface area contributed by atoms with E-state index in [1.165, 1.54) is 29.6 Å². The van der Waals surface area contributed by atoms with Gasteiger partial charge in [0.15, 0.2) is 9.84 Å². The Kier molecular flexibility index (Phi) is 4.38. The molecule has 0 saturated heterocycles. The molecular weight excluding hydrogens is 302 g/mol. The fourth-order valence-corrected chi connectivity index (χ4v) is 5.63. The van der Waals surface area contributed by atoms with Gasteiger partial charge in [-0.1, -0.05) is 12.1 Å². The maximum absolute atomic E-state index is 12.6. The average Bonchev–Trinajstić information content (AvgIpc) is 3.02. The molecule has 2 aromatic heterocycles. The molecule has 2 aromatic rings. The molecule has 1 N–H and O–H groups in total. The Morgan fingerprint density at radius 2 is 1.95 bits per heavy atom. The Hall–Kier alpha value is -1.18. The highest BCUT2D eigenvalue weighted by atomic mass is 32.2. The summed E-state index contributed by atoms with van der Waals surface area (Å²) in [6.45, 7) is 1.47. The van der Waals surface area contributed by atoms with E-state index in [9.17, 15) is 13.2 Å². The number of amides is 1. The third-order valence-electron chi connectivity index (χ3n) is 2.55. The standard InChI is InChI=1S/C12H13NO3S3/c1-9(14)13-8-11(10-4-2-6-17-10)19(15,16)12-5-3-7-18-12/h2-7,11H,8H2,1H3,(H,13,14). The van der Waals surface area contributed by atoms with Gasteiger partial charge in [-0.25, -0.2) is 8.42 Å². The van der Waals surface area contributed by atoms with Crippen LogP contribution in [-0.2, 0) is 14.6 Å². The lowest BCUT2D eigenvalue weighted by Gasteiger charge is -2.15. The van der Waals surface area contributed by atoms with Gasteiger partial charge in [0.05, 0.1) is 0 Å². The van der Waals surface area contributed by atoms with Crippen LogP contribution in [0.3, 0.4) is 0 Å². The largest absolute Gasteiger partial charge is 0.355 e. The van der Waals surface area contributed by atoms with Crippen molar-refractivity contribution in [2.24, 2.45) is 0 Å². The van der Waals surface area contributed by atoms with E-state index >= 15 is 0 Å². The van der Waals surface area contributed by atoms with Gasteiger partial charge in [-0.15, -0.1) is 22.7 Å². The summed E-state index contributed by atoms with van der Waals surface area (Å²) in [5, 5.41) is 5.43. The highest BCUT2D eigenvalue weighted by Gasteiger charge is 2.30. The number of carbonyl (C=O) groups excluding carboxylic acids is 1. The van der Waals surface area contributed by atoms with E-state index in [0.29, 0.717) is 4.21 Å². The summed E-state index contributed by atoms with van der Waals surface area (Å²) in [7, 11) is -3.46. The van der Waals surface area contributed by atoms with Gasteiger partial charge in [-0.05, 0) is 22.9 Å². The summed E-state index contributed by atoms with van der Waals surface area (Å²) in [4.78, 5) is 11.8. The quantitative estimate of drug-likeness (QED) is 0.922. The number of nitrogens with one attached hydrogen (secondary N) is 1. The molecule has 0 bridgehead atoms. The van der Waals surface area contributed by atoms with Crippen LogP contribution >= 0.6 is 22.7 Å². The molecule has 7 heteroatoms. The van der Waals surface area contributed by atoms with Crippen LogP contribution in [0.5, 0.6) is 0 Å². The molecule has 19 heavy (non-hydrogen) atoms. The SMILES string of the molecule is CC(=O)NCC(c1cccs1)S(=O)(=O)c1cccs1. The Balaban J connectivity index is 2.35. The van der Waals surface area contributed by atoms with Gasteiger partial charge >= 0.3 is 0 Å². The smallest absolute Gasteiger partial charge is 0.216 e. The molecule has 0 radical (unpaired) electrons. The topological polar surface area (TPSA) is 63.2 Å².